The van der Waals surface area contributed by atoms with Gasteiger partial charge in [-0.2, -0.15) is 5.10 Å². The first-order chi connectivity index (χ1) is 12.9. The molecule has 0 unspecified atom stereocenters. The normalized spacial score (nSPS) is 11.0. The molecular formula is C15H11ClN6O5. The number of benzene rings is 1. The molecule has 3 rings (SSSR count). The van der Waals surface area contributed by atoms with Crippen molar-refractivity contribution in [3.63, 3.8) is 0 Å². The number of furan rings is 1. The highest BCUT2D eigenvalue weighted by atomic mass is 35.5. The van der Waals surface area contributed by atoms with Crippen molar-refractivity contribution in [2.75, 3.05) is 5.73 Å². The monoisotopic (exact) mass is 390 g/mol. The number of rotatable bonds is 5. The molecule has 12 heteroatoms. The van der Waals surface area contributed by atoms with Gasteiger partial charge in [0.25, 0.3) is 11.6 Å². The number of nitrogens with two attached hydrogens (primary N) is 1. The smallest absolute Gasteiger partial charge is 0.297 e. The van der Waals surface area contributed by atoms with Crippen LogP contribution in [0.4, 0.5) is 11.5 Å². The second-order valence-electron chi connectivity index (χ2n) is 5.27. The van der Waals surface area contributed by atoms with Crippen LogP contribution in [-0.2, 0) is 0 Å². The van der Waals surface area contributed by atoms with Gasteiger partial charge in [0.2, 0.25) is 11.5 Å². The Balaban J connectivity index is 1.79. The summed E-state index contributed by atoms with van der Waals surface area (Å²) in [5.74, 6) is -0.437. The Bertz CT molecular complexity index is 1060. The number of aromatic nitrogens is 2. The van der Waals surface area contributed by atoms with Crippen LogP contribution in [0.5, 0.6) is 0 Å². The van der Waals surface area contributed by atoms with Crippen LogP contribution in [0, 0.1) is 17.0 Å². The minimum absolute atomic E-state index is 0.142. The van der Waals surface area contributed by atoms with Crippen LogP contribution in [0.25, 0.3) is 11.3 Å². The number of hydrazone groups is 1. The lowest BCUT2D eigenvalue weighted by atomic mass is 10.1. The van der Waals surface area contributed by atoms with Crippen LogP contribution in [-0.4, -0.2) is 27.4 Å². The van der Waals surface area contributed by atoms with Crippen molar-refractivity contribution in [1.82, 2.24) is 15.7 Å². The number of carbonyl (C=O) groups excluding carboxylic acids is 1. The van der Waals surface area contributed by atoms with Crippen molar-refractivity contribution in [3.8, 4) is 11.3 Å². The van der Waals surface area contributed by atoms with Gasteiger partial charge in [-0.1, -0.05) is 11.6 Å². The molecule has 0 fully saturated rings. The van der Waals surface area contributed by atoms with E-state index in [4.69, 9.17) is 21.8 Å². The molecule has 138 valence electrons. The van der Waals surface area contributed by atoms with E-state index >= 15 is 0 Å². The first-order valence-corrected chi connectivity index (χ1v) is 7.70. The van der Waals surface area contributed by atoms with Gasteiger partial charge in [0.15, 0.2) is 0 Å². The third-order valence-electron chi connectivity index (χ3n) is 3.45. The molecule has 0 aliphatic carbocycles. The Morgan fingerprint density at radius 2 is 2.19 bits per heavy atom. The number of nitrogens with one attached hydrogen (secondary N) is 1. The van der Waals surface area contributed by atoms with Crippen LogP contribution in [0.15, 0.2) is 38.4 Å². The van der Waals surface area contributed by atoms with E-state index in [1.54, 1.807) is 6.92 Å². The van der Waals surface area contributed by atoms with E-state index in [2.05, 4.69) is 25.5 Å². The lowest BCUT2D eigenvalue weighted by molar-refractivity contribution is -0.384. The van der Waals surface area contributed by atoms with E-state index < -0.39 is 10.8 Å². The van der Waals surface area contributed by atoms with Gasteiger partial charge in [-0.3, -0.25) is 14.9 Å². The van der Waals surface area contributed by atoms with Crippen molar-refractivity contribution >= 4 is 35.2 Å². The standard InChI is InChI=1S/C15H11ClN6O5/c1-7-4-11(22(24)25)9(5-10(7)16)12-3-2-8(26-12)6-18-19-15(23)13-14(17)21-27-20-13/h2-6H,1H3,(H2,17,21)(H,19,23). The van der Waals surface area contributed by atoms with Crippen LogP contribution in [0.2, 0.25) is 5.02 Å². The molecule has 2 heterocycles. The topological polar surface area (TPSA) is 163 Å². The Labute approximate surface area is 155 Å². The van der Waals surface area contributed by atoms with E-state index in [9.17, 15) is 14.9 Å². The third kappa shape index (κ3) is 3.77. The number of aryl methyl sites for hydroxylation is 1. The van der Waals surface area contributed by atoms with Gasteiger partial charge < -0.3 is 10.2 Å². The summed E-state index contributed by atoms with van der Waals surface area (Å²) < 4.78 is 9.83. The zero-order valence-electron chi connectivity index (χ0n) is 13.7. The fraction of sp³-hybridized carbons (Fsp3) is 0.0667. The van der Waals surface area contributed by atoms with Crippen molar-refractivity contribution in [3.05, 3.63) is 56.4 Å². The molecule has 11 nitrogen and oxygen atoms in total. The number of halogens is 1. The largest absolute Gasteiger partial charge is 0.455 e. The fourth-order valence-electron chi connectivity index (χ4n) is 2.14. The van der Waals surface area contributed by atoms with E-state index in [1.165, 1.54) is 30.5 Å². The van der Waals surface area contributed by atoms with Gasteiger partial charge in [0.1, 0.15) is 11.5 Å². The second-order valence-corrected chi connectivity index (χ2v) is 5.68. The molecule has 0 atom stereocenters. The Kier molecular flexibility index (Phi) is 4.86. The quantitative estimate of drug-likeness (QED) is 0.381. The van der Waals surface area contributed by atoms with Gasteiger partial charge in [0.05, 0.1) is 16.7 Å². The summed E-state index contributed by atoms with van der Waals surface area (Å²) in [5.41, 5.74) is 8.00. The van der Waals surface area contributed by atoms with Crippen molar-refractivity contribution in [2.24, 2.45) is 5.10 Å². The number of nitro benzene ring substituents is 1. The molecule has 0 radical (unpaired) electrons. The van der Waals surface area contributed by atoms with Crippen LogP contribution >= 0.6 is 11.6 Å². The highest BCUT2D eigenvalue weighted by Gasteiger charge is 2.20. The zero-order valence-corrected chi connectivity index (χ0v) is 14.4. The summed E-state index contributed by atoms with van der Waals surface area (Å²) >= 11 is 6.06. The summed E-state index contributed by atoms with van der Waals surface area (Å²) in [6.45, 7) is 1.67. The molecule has 2 aromatic heterocycles. The number of carbonyl (C=O) groups is 1. The molecule has 1 aromatic carbocycles. The van der Waals surface area contributed by atoms with Crippen LogP contribution < -0.4 is 11.2 Å². The summed E-state index contributed by atoms with van der Waals surface area (Å²) in [7, 11) is 0. The molecule has 0 spiro atoms. The minimum atomic E-state index is -0.724. The number of hydrogen-bond acceptors (Lipinski definition) is 9. The molecule has 1 amide bonds. The molecule has 0 aliphatic rings. The summed E-state index contributed by atoms with van der Waals surface area (Å²) in [6.07, 6.45) is 1.20. The fourth-order valence-corrected chi connectivity index (χ4v) is 2.31. The number of nitrogen functional groups attached to an aromatic ring is 1. The molecular weight excluding hydrogens is 380 g/mol. The van der Waals surface area contributed by atoms with Crippen LogP contribution in [0.1, 0.15) is 21.8 Å². The van der Waals surface area contributed by atoms with Crippen LogP contribution in [0.3, 0.4) is 0 Å². The van der Waals surface area contributed by atoms with E-state index in [1.807, 2.05) is 0 Å². The Hall–Kier alpha value is -3.73. The number of nitro groups is 1. The summed E-state index contributed by atoms with van der Waals surface area (Å²) in [4.78, 5) is 22.5. The number of amides is 1. The van der Waals surface area contributed by atoms with Gasteiger partial charge in [-0.25, -0.2) is 10.1 Å². The maximum absolute atomic E-state index is 11.7. The average Bonchev–Trinajstić information content (AvgIpc) is 3.25. The van der Waals surface area contributed by atoms with E-state index in [0.717, 1.165) is 0 Å². The van der Waals surface area contributed by atoms with Gasteiger partial charge >= 0.3 is 0 Å². The number of nitrogens with zero attached hydrogens (tertiary/aromatic N) is 4. The Morgan fingerprint density at radius 1 is 1.41 bits per heavy atom. The molecule has 3 aromatic rings. The lowest BCUT2D eigenvalue weighted by Gasteiger charge is -2.03. The third-order valence-corrected chi connectivity index (χ3v) is 3.86. The van der Waals surface area contributed by atoms with Crippen molar-refractivity contribution in [2.45, 2.75) is 6.92 Å². The average molecular weight is 391 g/mol. The minimum Gasteiger partial charge on any atom is -0.455 e. The number of anilines is 1. The summed E-state index contributed by atoms with van der Waals surface area (Å²) in [5, 5.41) is 21.9. The van der Waals surface area contributed by atoms with Gasteiger partial charge in [-0.05, 0) is 41.0 Å². The van der Waals surface area contributed by atoms with Gasteiger partial charge in [-0.15, -0.1) is 0 Å². The highest BCUT2D eigenvalue weighted by molar-refractivity contribution is 6.31. The van der Waals surface area contributed by atoms with E-state index in [-0.39, 0.29) is 34.3 Å². The summed E-state index contributed by atoms with van der Waals surface area (Å²) in [6, 6.07) is 5.87. The van der Waals surface area contributed by atoms with Crippen molar-refractivity contribution < 1.29 is 18.8 Å². The molecule has 0 saturated heterocycles. The maximum atomic E-state index is 11.7. The highest BCUT2D eigenvalue weighted by Crippen LogP contribution is 2.35. The molecule has 0 saturated carbocycles. The molecule has 0 aliphatic heterocycles. The lowest BCUT2D eigenvalue weighted by Crippen LogP contribution is -2.19. The zero-order chi connectivity index (χ0) is 19.6. The molecule has 27 heavy (non-hydrogen) atoms. The number of hydrogen-bond donors (Lipinski definition) is 2. The predicted octanol–water partition coefficient (Wildman–Crippen LogP) is 2.55. The maximum Gasteiger partial charge on any atom is 0.297 e. The first kappa shape index (κ1) is 18.1. The van der Waals surface area contributed by atoms with Crippen molar-refractivity contribution in [1.29, 1.82) is 0 Å². The predicted molar refractivity (Wildman–Crippen MR) is 94.3 cm³/mol. The van der Waals surface area contributed by atoms with Gasteiger partial charge in [0, 0.05) is 11.1 Å². The molecule has 3 N–H and O–H groups in total. The Morgan fingerprint density at radius 3 is 2.85 bits per heavy atom. The SMILES string of the molecule is Cc1cc([N+](=O)[O-])c(-c2ccc(C=NNC(=O)c3nonc3N)o2)cc1Cl. The second kappa shape index (κ2) is 7.25. The first-order valence-electron chi connectivity index (χ1n) is 7.33. The molecule has 0 bridgehead atoms. The van der Waals surface area contributed by atoms with E-state index in [0.29, 0.717) is 10.6 Å².